The number of nitrogens with zero attached hydrogens (tertiary/aromatic N) is 3. The van der Waals surface area contributed by atoms with Crippen molar-refractivity contribution in [1.82, 2.24) is 14.4 Å². The normalized spacial score (nSPS) is 22.6. The number of fused-ring (bicyclic) bond motifs is 4. The number of aryl methyl sites for hydroxylation is 1. The summed E-state index contributed by atoms with van der Waals surface area (Å²) in [5.41, 5.74) is 23.9. The molecule has 8 N–H and O–H groups in total. The summed E-state index contributed by atoms with van der Waals surface area (Å²) in [5, 5.41) is 0. The fourth-order valence-electron chi connectivity index (χ4n) is 12.9. The minimum absolute atomic E-state index is 0.166. The van der Waals surface area contributed by atoms with Gasteiger partial charge in [-0.1, -0.05) is 76.3 Å². The average Bonchev–Trinajstić information content (AvgIpc) is 4.09. The molecule has 2 unspecified atom stereocenters. The van der Waals surface area contributed by atoms with E-state index in [-0.39, 0.29) is 13.1 Å². The van der Waals surface area contributed by atoms with Crippen LogP contribution in [0.2, 0.25) is 0 Å². The van der Waals surface area contributed by atoms with Gasteiger partial charge >= 0.3 is 24.1 Å². The number of esters is 2. The number of carbonyl (C=O) groups is 6. The van der Waals surface area contributed by atoms with Crippen LogP contribution in [-0.4, -0.2) is 74.5 Å². The van der Waals surface area contributed by atoms with E-state index in [9.17, 15) is 28.8 Å². The SMILES string of the molecule is Cc1cc(F)ccc1-n1c(C2CCCN2[C@@](C(N)=O)(C(=O)OC(N)=O)C(C)(C)C2C3=CC=C2C=C3)c(C)c(C)c1C1CCCN1[C@@](C(N)=O)(C(=O)OC(N)=O)C(C)(C)C1C2=CC=C1C=C2. The molecule has 3 heterocycles. The molecule has 2 saturated heterocycles. The van der Waals surface area contributed by atoms with Gasteiger partial charge in [0.05, 0.1) is 12.1 Å². The number of likely N-dealkylation sites (tertiary alicyclic amines) is 2. The first-order chi connectivity index (χ1) is 30.6. The van der Waals surface area contributed by atoms with Gasteiger partial charge in [0.25, 0.3) is 0 Å². The molecule has 2 fully saturated rings. The zero-order chi connectivity index (χ0) is 47.3. The van der Waals surface area contributed by atoms with Gasteiger partial charge in [-0.15, -0.1) is 0 Å². The summed E-state index contributed by atoms with van der Waals surface area (Å²) < 4.78 is 27.5. The van der Waals surface area contributed by atoms with E-state index in [1.807, 2.05) is 67.0 Å². The van der Waals surface area contributed by atoms with Gasteiger partial charge in [-0.25, -0.2) is 23.6 Å². The lowest BCUT2D eigenvalue weighted by Gasteiger charge is -2.52. The standard InChI is InChI=1S/C49H56FN7O8/c1-25-24-32(50)20-21-33(25)57-38(34-10-8-22-55(34)48(40(51)58,42(60)64-44(53)62)46(4,5)36-28-12-13-29(36)15-14-28)26(2)27(3)39(57)35-11-9-23-56(35)49(41(52)59,43(61)65-45(54)63)47(6,7)37-30-16-17-31(37)19-18-30/h12-21,24,34-37H,8-11,22-23H2,1-7H3,(H2,51,58)(H2,52,59)(H2,53,62)(H2,54,63)/t34?,35?,48-,49-/m0/s1. The molecular weight excluding hydrogens is 834 g/mol. The molecule has 65 heavy (non-hydrogen) atoms. The van der Waals surface area contributed by atoms with Crippen molar-refractivity contribution < 1.29 is 42.6 Å². The third-order valence-corrected chi connectivity index (χ3v) is 15.4. The Balaban J connectivity index is 1.38. The predicted molar refractivity (Wildman–Crippen MR) is 238 cm³/mol. The van der Waals surface area contributed by atoms with E-state index in [1.54, 1.807) is 50.5 Å². The Morgan fingerprint density at radius 1 is 0.615 bits per heavy atom. The third kappa shape index (κ3) is 6.27. The summed E-state index contributed by atoms with van der Waals surface area (Å²) in [5.74, 6) is -5.97. The van der Waals surface area contributed by atoms with Gasteiger partial charge < -0.3 is 37.0 Å². The summed E-state index contributed by atoms with van der Waals surface area (Å²) in [4.78, 5) is 87.2. The van der Waals surface area contributed by atoms with Crippen LogP contribution < -0.4 is 22.9 Å². The Morgan fingerprint density at radius 3 is 1.29 bits per heavy atom. The number of primary amides is 4. The average molecular weight is 890 g/mol. The molecule has 6 aliphatic rings. The summed E-state index contributed by atoms with van der Waals surface area (Å²) in [7, 11) is 0. The van der Waals surface area contributed by atoms with Crippen LogP contribution in [0.1, 0.15) is 93.5 Å². The summed E-state index contributed by atoms with van der Waals surface area (Å²) in [6, 6.07) is 2.80. The zero-order valence-corrected chi connectivity index (χ0v) is 37.7. The highest BCUT2D eigenvalue weighted by molar-refractivity contribution is 6.11. The third-order valence-electron chi connectivity index (χ3n) is 15.4. The highest BCUT2D eigenvalue weighted by Gasteiger charge is 2.69. The molecule has 1 aromatic carbocycles. The van der Waals surface area contributed by atoms with Crippen LogP contribution in [0.5, 0.6) is 0 Å². The Kier molecular flexibility index (Phi) is 10.9. The van der Waals surface area contributed by atoms with Crippen LogP contribution >= 0.6 is 0 Å². The minimum atomic E-state index is -2.29. The second kappa shape index (κ2) is 15.7. The Morgan fingerprint density at radius 2 is 0.985 bits per heavy atom. The number of halogens is 1. The summed E-state index contributed by atoms with van der Waals surface area (Å²) in [6.07, 6.45) is 14.3. The van der Waals surface area contributed by atoms with Gasteiger partial charge in [-0.05, 0) is 104 Å². The van der Waals surface area contributed by atoms with E-state index >= 15 is 4.39 Å². The van der Waals surface area contributed by atoms with Crippen molar-refractivity contribution in [3.05, 3.63) is 123 Å². The molecule has 8 rings (SSSR count). The lowest BCUT2D eigenvalue weighted by Crippen LogP contribution is -2.72. The molecule has 0 saturated carbocycles. The molecule has 2 aliphatic heterocycles. The van der Waals surface area contributed by atoms with Crippen LogP contribution in [0.15, 0.2) is 89.1 Å². The second-order valence-electron chi connectivity index (χ2n) is 19.2. The zero-order valence-electron chi connectivity index (χ0n) is 37.7. The van der Waals surface area contributed by atoms with Crippen molar-refractivity contribution in [1.29, 1.82) is 0 Å². The lowest BCUT2D eigenvalue weighted by molar-refractivity contribution is -0.172. The van der Waals surface area contributed by atoms with Crippen LogP contribution in [0.25, 0.3) is 5.69 Å². The molecule has 15 nitrogen and oxygen atoms in total. The van der Waals surface area contributed by atoms with E-state index in [4.69, 9.17) is 32.4 Å². The van der Waals surface area contributed by atoms with Gasteiger partial charge in [0.1, 0.15) is 5.82 Å². The first-order valence-electron chi connectivity index (χ1n) is 21.9. The number of hydrogen-bond donors (Lipinski definition) is 4. The van der Waals surface area contributed by atoms with Crippen molar-refractivity contribution >= 4 is 35.9 Å². The fourth-order valence-corrected chi connectivity index (χ4v) is 12.9. The molecule has 1 aromatic heterocycles. The number of amides is 4. The van der Waals surface area contributed by atoms with Crippen molar-refractivity contribution in [2.24, 2.45) is 45.6 Å². The topological polar surface area (TPSA) is 236 Å². The number of hydrogen-bond acceptors (Lipinski definition) is 10. The number of allylic oxidation sites excluding steroid dienone is 12. The van der Waals surface area contributed by atoms with Gasteiger partial charge in [-0.3, -0.25) is 19.4 Å². The smallest absolute Gasteiger partial charge is 0.375 e. The van der Waals surface area contributed by atoms with E-state index in [2.05, 4.69) is 0 Å². The molecular formula is C49H56FN7O8. The van der Waals surface area contributed by atoms with Crippen molar-refractivity contribution in [3.8, 4) is 5.69 Å². The second-order valence-corrected chi connectivity index (χ2v) is 19.2. The van der Waals surface area contributed by atoms with Crippen molar-refractivity contribution in [2.45, 2.75) is 97.3 Å². The highest BCUT2D eigenvalue weighted by atomic mass is 19.1. The molecule has 4 amide bonds. The van der Waals surface area contributed by atoms with Crippen molar-refractivity contribution in [2.75, 3.05) is 13.1 Å². The van der Waals surface area contributed by atoms with Gasteiger partial charge in [0.15, 0.2) is 0 Å². The number of aromatic nitrogens is 1. The first-order valence-corrected chi connectivity index (χ1v) is 21.9. The van der Waals surface area contributed by atoms with E-state index in [0.717, 1.165) is 33.4 Å². The molecule has 4 aliphatic carbocycles. The quantitative estimate of drug-likeness (QED) is 0.142. The van der Waals surface area contributed by atoms with E-state index < -0.39 is 87.6 Å². The largest absolute Gasteiger partial charge is 0.412 e. The number of ether oxygens (including phenoxy) is 2. The Labute approximate surface area is 376 Å². The maximum absolute atomic E-state index is 15.1. The predicted octanol–water partition coefficient (Wildman–Crippen LogP) is 5.66. The molecule has 16 heteroatoms. The van der Waals surface area contributed by atoms with Gasteiger partial charge in [0.2, 0.25) is 22.9 Å². The minimum Gasteiger partial charge on any atom is -0.375 e. The number of carbonyl (C=O) groups excluding carboxylic acids is 6. The number of nitrogens with two attached hydrogens (primary N) is 4. The fraction of sp³-hybridized carbons (Fsp3) is 0.429. The van der Waals surface area contributed by atoms with Crippen LogP contribution in [-0.2, 0) is 28.7 Å². The molecule has 4 bridgehead atoms. The van der Waals surface area contributed by atoms with Crippen molar-refractivity contribution in [3.63, 3.8) is 0 Å². The highest BCUT2D eigenvalue weighted by Crippen LogP contribution is 2.59. The van der Waals surface area contributed by atoms with E-state index in [1.165, 1.54) is 12.1 Å². The molecule has 4 atom stereocenters. The Bertz CT molecular complexity index is 2490. The maximum Gasteiger partial charge on any atom is 0.412 e. The van der Waals surface area contributed by atoms with Crippen LogP contribution in [0.4, 0.5) is 14.0 Å². The molecule has 0 spiro atoms. The summed E-state index contributed by atoms with van der Waals surface area (Å²) >= 11 is 0. The number of rotatable bonds is 13. The maximum atomic E-state index is 15.1. The monoisotopic (exact) mass is 889 g/mol. The lowest BCUT2D eigenvalue weighted by atomic mass is 9.60. The van der Waals surface area contributed by atoms with Gasteiger partial charge in [0, 0.05) is 52.8 Å². The van der Waals surface area contributed by atoms with Crippen LogP contribution in [0.3, 0.4) is 0 Å². The molecule has 342 valence electrons. The van der Waals surface area contributed by atoms with Gasteiger partial charge in [-0.2, -0.15) is 0 Å². The summed E-state index contributed by atoms with van der Waals surface area (Å²) in [6.45, 7) is 12.9. The molecule has 2 aromatic rings. The number of benzene rings is 1. The first kappa shape index (κ1) is 45.2. The van der Waals surface area contributed by atoms with E-state index in [0.29, 0.717) is 48.3 Å². The Hall–Kier alpha value is -6.39. The van der Waals surface area contributed by atoms with Crippen LogP contribution in [0, 0.1) is 49.3 Å². The molecule has 0 radical (unpaired) electrons.